The van der Waals surface area contributed by atoms with Crippen LogP contribution in [0.5, 0.6) is 0 Å². The number of hydrogen-bond acceptors (Lipinski definition) is 3. The van der Waals surface area contributed by atoms with E-state index in [2.05, 4.69) is 12.1 Å². The van der Waals surface area contributed by atoms with Crippen LogP contribution in [0.4, 0.5) is 0 Å². The van der Waals surface area contributed by atoms with Gasteiger partial charge in [-0.05, 0) is 18.4 Å². The summed E-state index contributed by atoms with van der Waals surface area (Å²) in [5.74, 6) is 0. The van der Waals surface area contributed by atoms with Crippen LogP contribution in [0.25, 0.3) is 0 Å². The fourth-order valence-corrected chi connectivity index (χ4v) is 2.37. The Morgan fingerprint density at radius 1 is 1.44 bits per heavy atom. The Kier molecular flexibility index (Phi) is 3.59. The number of rotatable bonds is 4. The average molecular weight is 222 g/mol. The molecule has 16 heavy (non-hydrogen) atoms. The van der Waals surface area contributed by atoms with Gasteiger partial charge in [-0.1, -0.05) is 30.3 Å². The highest BCUT2D eigenvalue weighted by Gasteiger charge is 2.44. The number of benzene rings is 1. The van der Waals surface area contributed by atoms with Gasteiger partial charge in [0.05, 0.1) is 18.6 Å². The summed E-state index contributed by atoms with van der Waals surface area (Å²) in [4.78, 5) is 0. The van der Waals surface area contributed by atoms with Crippen molar-refractivity contribution in [2.45, 2.75) is 19.1 Å². The number of aliphatic hydroxyl groups excluding tert-OH is 1. The average Bonchev–Trinajstić information content (AvgIpc) is 2.74. The molecule has 0 unspecified atom stereocenters. The second-order valence-electron chi connectivity index (χ2n) is 4.37. The second-order valence-corrected chi connectivity index (χ2v) is 4.37. The first-order valence-corrected chi connectivity index (χ1v) is 5.60. The van der Waals surface area contributed by atoms with Gasteiger partial charge in [-0.3, -0.25) is 0 Å². The van der Waals surface area contributed by atoms with Crippen molar-refractivity contribution in [3.8, 4) is 0 Å². The zero-order valence-electron chi connectivity index (χ0n) is 9.56. The molecule has 1 aliphatic rings. The second kappa shape index (κ2) is 4.95. The van der Waals surface area contributed by atoms with Crippen LogP contribution in [0.1, 0.15) is 12.0 Å². The summed E-state index contributed by atoms with van der Waals surface area (Å²) in [6, 6.07) is 10.2. The highest BCUT2D eigenvalue weighted by atomic mass is 16.7. The van der Waals surface area contributed by atoms with Crippen molar-refractivity contribution in [2.24, 2.45) is 5.41 Å². The first-order chi connectivity index (χ1) is 7.80. The quantitative estimate of drug-likeness (QED) is 0.841. The fourth-order valence-electron chi connectivity index (χ4n) is 2.37. The Labute approximate surface area is 96.0 Å². The van der Waals surface area contributed by atoms with Gasteiger partial charge in [0.15, 0.2) is 6.29 Å². The van der Waals surface area contributed by atoms with E-state index in [1.54, 1.807) is 7.11 Å². The van der Waals surface area contributed by atoms with Gasteiger partial charge in [0.25, 0.3) is 0 Å². The molecule has 0 bridgehead atoms. The highest BCUT2D eigenvalue weighted by molar-refractivity contribution is 5.17. The molecule has 1 N–H and O–H groups in total. The third-order valence-corrected chi connectivity index (χ3v) is 3.30. The van der Waals surface area contributed by atoms with Crippen LogP contribution < -0.4 is 0 Å². The molecule has 1 heterocycles. The molecule has 1 fully saturated rings. The topological polar surface area (TPSA) is 38.7 Å². The Morgan fingerprint density at radius 3 is 2.81 bits per heavy atom. The maximum absolute atomic E-state index is 9.62. The van der Waals surface area contributed by atoms with Gasteiger partial charge in [-0.2, -0.15) is 0 Å². The standard InChI is InChI=1S/C13H18O3/c1-15-12-13(10-14,7-8-16-12)9-11-5-3-2-4-6-11/h2-6,12,14H,7-10H2,1H3/t12-,13-/m0/s1. The molecule has 1 aromatic rings. The summed E-state index contributed by atoms with van der Waals surface area (Å²) in [5, 5.41) is 9.62. The molecule has 0 aliphatic carbocycles. The van der Waals surface area contributed by atoms with Gasteiger partial charge < -0.3 is 14.6 Å². The third kappa shape index (κ3) is 2.12. The molecule has 3 nitrogen and oxygen atoms in total. The molecule has 0 amide bonds. The van der Waals surface area contributed by atoms with E-state index in [1.807, 2.05) is 18.2 Å². The van der Waals surface area contributed by atoms with Crippen molar-refractivity contribution >= 4 is 0 Å². The predicted octanol–water partition coefficient (Wildman–Crippen LogP) is 1.60. The number of ether oxygens (including phenoxy) is 2. The van der Waals surface area contributed by atoms with Crippen molar-refractivity contribution in [3.05, 3.63) is 35.9 Å². The summed E-state index contributed by atoms with van der Waals surface area (Å²) in [7, 11) is 1.63. The third-order valence-electron chi connectivity index (χ3n) is 3.30. The van der Waals surface area contributed by atoms with Crippen LogP contribution in [-0.2, 0) is 15.9 Å². The number of aliphatic hydroxyl groups is 1. The largest absolute Gasteiger partial charge is 0.396 e. The SMILES string of the molecule is CO[C@H]1OCC[C@@]1(CO)Cc1ccccc1. The van der Waals surface area contributed by atoms with Crippen LogP contribution in [0, 0.1) is 5.41 Å². The van der Waals surface area contributed by atoms with Crippen LogP contribution in [-0.4, -0.2) is 31.7 Å². The highest BCUT2D eigenvalue weighted by Crippen LogP contribution is 2.38. The van der Waals surface area contributed by atoms with Crippen molar-refractivity contribution < 1.29 is 14.6 Å². The lowest BCUT2D eigenvalue weighted by atomic mass is 9.80. The Balaban J connectivity index is 2.16. The Hall–Kier alpha value is -0.900. The van der Waals surface area contributed by atoms with Crippen LogP contribution in [0.2, 0.25) is 0 Å². The molecule has 0 aromatic heterocycles. The molecular weight excluding hydrogens is 204 g/mol. The van der Waals surface area contributed by atoms with Crippen LogP contribution >= 0.6 is 0 Å². The van der Waals surface area contributed by atoms with Crippen molar-refractivity contribution in [2.75, 3.05) is 20.3 Å². The van der Waals surface area contributed by atoms with Gasteiger partial charge >= 0.3 is 0 Å². The van der Waals surface area contributed by atoms with E-state index in [1.165, 1.54) is 5.56 Å². The molecule has 0 radical (unpaired) electrons. The molecule has 2 atom stereocenters. The minimum atomic E-state index is -0.294. The van der Waals surface area contributed by atoms with Gasteiger partial charge in [0.2, 0.25) is 0 Å². The maximum atomic E-state index is 9.62. The van der Waals surface area contributed by atoms with Crippen LogP contribution in [0.3, 0.4) is 0 Å². The van der Waals surface area contributed by atoms with E-state index < -0.39 is 0 Å². The maximum Gasteiger partial charge on any atom is 0.165 e. The minimum Gasteiger partial charge on any atom is -0.396 e. The minimum absolute atomic E-state index is 0.0976. The van der Waals surface area contributed by atoms with Gasteiger partial charge in [0.1, 0.15) is 0 Å². The molecule has 0 spiro atoms. The van der Waals surface area contributed by atoms with Gasteiger partial charge in [0, 0.05) is 7.11 Å². The summed E-state index contributed by atoms with van der Waals surface area (Å²) in [6.45, 7) is 0.756. The Morgan fingerprint density at radius 2 is 2.19 bits per heavy atom. The molecule has 3 heteroatoms. The lowest BCUT2D eigenvalue weighted by molar-refractivity contribution is -0.152. The van der Waals surface area contributed by atoms with Gasteiger partial charge in [-0.25, -0.2) is 0 Å². The molecule has 0 saturated carbocycles. The lowest BCUT2D eigenvalue weighted by Gasteiger charge is -2.31. The van der Waals surface area contributed by atoms with Crippen molar-refractivity contribution in [1.29, 1.82) is 0 Å². The van der Waals surface area contributed by atoms with E-state index in [0.717, 1.165) is 12.8 Å². The molecule has 1 aliphatic heterocycles. The molecule has 1 aromatic carbocycles. The van der Waals surface area contributed by atoms with Crippen molar-refractivity contribution in [1.82, 2.24) is 0 Å². The first kappa shape index (κ1) is 11.6. The molecule has 1 saturated heterocycles. The summed E-state index contributed by atoms with van der Waals surface area (Å²) in [5.41, 5.74) is 0.930. The monoisotopic (exact) mass is 222 g/mol. The van der Waals surface area contributed by atoms with E-state index in [9.17, 15) is 5.11 Å². The van der Waals surface area contributed by atoms with E-state index >= 15 is 0 Å². The van der Waals surface area contributed by atoms with Crippen LogP contribution in [0.15, 0.2) is 30.3 Å². The van der Waals surface area contributed by atoms with E-state index in [-0.39, 0.29) is 18.3 Å². The lowest BCUT2D eigenvalue weighted by Crippen LogP contribution is -2.38. The molecular formula is C13H18O3. The van der Waals surface area contributed by atoms with E-state index in [0.29, 0.717) is 6.61 Å². The fraction of sp³-hybridized carbons (Fsp3) is 0.538. The van der Waals surface area contributed by atoms with Crippen molar-refractivity contribution in [3.63, 3.8) is 0 Å². The summed E-state index contributed by atoms with van der Waals surface area (Å²) < 4.78 is 10.8. The summed E-state index contributed by atoms with van der Waals surface area (Å²) >= 11 is 0. The summed E-state index contributed by atoms with van der Waals surface area (Å²) in [6.07, 6.45) is 1.34. The van der Waals surface area contributed by atoms with E-state index in [4.69, 9.17) is 9.47 Å². The first-order valence-electron chi connectivity index (χ1n) is 5.60. The molecule has 2 rings (SSSR count). The zero-order valence-corrected chi connectivity index (χ0v) is 9.56. The number of methoxy groups -OCH3 is 1. The normalized spacial score (nSPS) is 29.5. The van der Waals surface area contributed by atoms with Gasteiger partial charge in [-0.15, -0.1) is 0 Å². The molecule has 88 valence electrons. The Bertz CT molecular complexity index is 325. The number of hydrogen-bond donors (Lipinski definition) is 1. The smallest absolute Gasteiger partial charge is 0.165 e. The zero-order chi connectivity index (χ0) is 11.4. The predicted molar refractivity (Wildman–Crippen MR) is 61.0 cm³/mol.